The lowest BCUT2D eigenvalue weighted by Gasteiger charge is -2.19. The van der Waals surface area contributed by atoms with E-state index in [9.17, 15) is 22.0 Å². The minimum atomic E-state index is -3.72. The van der Waals surface area contributed by atoms with E-state index < -0.39 is 22.5 Å². The third kappa shape index (κ3) is 6.13. The Hall–Kier alpha value is -2.23. The first-order valence-corrected chi connectivity index (χ1v) is 11.1. The van der Waals surface area contributed by atoms with Gasteiger partial charge in [0.1, 0.15) is 5.75 Å². The van der Waals surface area contributed by atoms with E-state index >= 15 is 0 Å². The van der Waals surface area contributed by atoms with Crippen molar-refractivity contribution < 1.29 is 26.7 Å². The molecule has 2 aromatic rings. The van der Waals surface area contributed by atoms with Gasteiger partial charge in [-0.2, -0.15) is 13.1 Å². The van der Waals surface area contributed by atoms with E-state index in [0.717, 1.165) is 5.56 Å². The topological polar surface area (TPSA) is 75.7 Å². The number of nitrogens with one attached hydrogen (secondary N) is 1. The number of carbonyl (C=O) groups excluding carboxylic acids is 1. The molecule has 0 spiro atoms. The van der Waals surface area contributed by atoms with Crippen molar-refractivity contribution in [2.75, 3.05) is 19.6 Å². The molecule has 0 aromatic heterocycles. The van der Waals surface area contributed by atoms with E-state index in [1.165, 1.54) is 34.6 Å². The molecular weight excluding hydrogens is 438 g/mol. The van der Waals surface area contributed by atoms with Crippen molar-refractivity contribution in [2.24, 2.45) is 0 Å². The highest BCUT2D eigenvalue weighted by Gasteiger charge is 2.23. The Bertz CT molecular complexity index is 965. The van der Waals surface area contributed by atoms with Crippen LogP contribution in [0, 0.1) is 0 Å². The molecule has 0 aliphatic rings. The predicted octanol–water partition coefficient (Wildman–Crippen LogP) is 3.94. The molecule has 10 heteroatoms. The van der Waals surface area contributed by atoms with E-state index in [1.54, 1.807) is 26.0 Å². The van der Waals surface area contributed by atoms with E-state index in [2.05, 4.69) is 10.1 Å². The summed E-state index contributed by atoms with van der Waals surface area (Å²) in [6.07, 6.45) is 0.440. The van der Waals surface area contributed by atoms with Crippen molar-refractivity contribution in [1.29, 1.82) is 0 Å². The molecule has 0 aliphatic heterocycles. The van der Waals surface area contributed by atoms with Crippen molar-refractivity contribution in [2.45, 2.75) is 31.8 Å². The molecule has 2 aromatic carbocycles. The number of sulfonamides is 1. The maximum absolute atomic E-state index is 12.7. The Morgan fingerprint density at radius 3 is 2.33 bits per heavy atom. The lowest BCUT2D eigenvalue weighted by atomic mass is 10.1. The second kappa shape index (κ2) is 10.7. The summed E-state index contributed by atoms with van der Waals surface area (Å²) in [4.78, 5) is 12.5. The average Bonchev–Trinajstić information content (AvgIpc) is 2.69. The molecule has 0 radical (unpaired) electrons. The summed E-state index contributed by atoms with van der Waals surface area (Å²) in [7, 11) is -3.72. The van der Waals surface area contributed by atoms with Crippen molar-refractivity contribution in [3.8, 4) is 5.75 Å². The van der Waals surface area contributed by atoms with E-state index in [-0.39, 0.29) is 27.8 Å². The maximum Gasteiger partial charge on any atom is 0.387 e. The van der Waals surface area contributed by atoms with Gasteiger partial charge in [-0.25, -0.2) is 8.42 Å². The van der Waals surface area contributed by atoms with Gasteiger partial charge in [0.25, 0.3) is 5.91 Å². The molecule has 0 aliphatic carbocycles. The van der Waals surface area contributed by atoms with Crippen LogP contribution in [0.5, 0.6) is 5.75 Å². The van der Waals surface area contributed by atoms with Crippen molar-refractivity contribution >= 4 is 27.5 Å². The second-order valence-corrected chi connectivity index (χ2v) is 8.60. The number of rotatable bonds is 10. The maximum atomic E-state index is 12.7. The highest BCUT2D eigenvalue weighted by molar-refractivity contribution is 7.89. The third-order valence-corrected chi connectivity index (χ3v) is 6.75. The fourth-order valence-corrected chi connectivity index (χ4v) is 4.49. The number of ether oxygens (including phenoxy) is 1. The highest BCUT2D eigenvalue weighted by Crippen LogP contribution is 2.23. The van der Waals surface area contributed by atoms with Gasteiger partial charge in [0.05, 0.1) is 15.5 Å². The molecule has 0 unspecified atom stereocenters. The van der Waals surface area contributed by atoms with Gasteiger partial charge in [-0.05, 0) is 42.3 Å². The zero-order valence-electron chi connectivity index (χ0n) is 16.6. The summed E-state index contributed by atoms with van der Waals surface area (Å²) in [5.41, 5.74) is 0.867. The summed E-state index contributed by atoms with van der Waals surface area (Å²) in [6, 6.07) is 10.1. The first-order valence-electron chi connectivity index (χ1n) is 9.30. The number of hydrogen-bond donors (Lipinski definition) is 1. The number of halogens is 3. The molecule has 2 rings (SSSR count). The van der Waals surface area contributed by atoms with Gasteiger partial charge in [-0.1, -0.05) is 37.6 Å². The first kappa shape index (κ1) is 24.0. The smallest absolute Gasteiger partial charge is 0.387 e. The molecule has 1 amide bonds. The monoisotopic (exact) mass is 460 g/mol. The van der Waals surface area contributed by atoms with Crippen LogP contribution in [0.1, 0.15) is 29.8 Å². The van der Waals surface area contributed by atoms with Gasteiger partial charge in [-0.3, -0.25) is 4.79 Å². The largest absolute Gasteiger partial charge is 0.435 e. The number of hydrogen-bond acceptors (Lipinski definition) is 4. The molecule has 6 nitrogen and oxygen atoms in total. The Kier molecular flexibility index (Phi) is 8.57. The molecule has 0 atom stereocenters. The molecule has 0 fully saturated rings. The average molecular weight is 461 g/mol. The van der Waals surface area contributed by atoms with Crippen LogP contribution in [-0.4, -0.2) is 44.9 Å². The minimum Gasteiger partial charge on any atom is -0.435 e. The van der Waals surface area contributed by atoms with Crippen LogP contribution in [0.2, 0.25) is 5.02 Å². The molecule has 0 heterocycles. The van der Waals surface area contributed by atoms with Gasteiger partial charge in [0, 0.05) is 19.6 Å². The van der Waals surface area contributed by atoms with Gasteiger partial charge < -0.3 is 10.1 Å². The van der Waals surface area contributed by atoms with Crippen LogP contribution in [0.25, 0.3) is 0 Å². The number of carbonyl (C=O) groups is 1. The molecular formula is C20H23ClF2N2O4S. The normalized spacial score (nSPS) is 11.7. The van der Waals surface area contributed by atoms with Gasteiger partial charge in [0.2, 0.25) is 10.0 Å². The number of nitrogens with zero attached hydrogens (tertiary/aromatic N) is 1. The fourth-order valence-electron chi connectivity index (χ4n) is 2.80. The van der Waals surface area contributed by atoms with Crippen LogP contribution in [-0.2, 0) is 16.4 Å². The lowest BCUT2D eigenvalue weighted by molar-refractivity contribution is -0.0498. The first-order chi connectivity index (χ1) is 14.2. The van der Waals surface area contributed by atoms with E-state index in [1.807, 2.05) is 0 Å². The molecule has 0 saturated heterocycles. The Morgan fingerprint density at radius 2 is 1.77 bits per heavy atom. The van der Waals surface area contributed by atoms with Crippen LogP contribution in [0.4, 0.5) is 8.78 Å². The van der Waals surface area contributed by atoms with Crippen molar-refractivity contribution in [1.82, 2.24) is 9.62 Å². The SMILES string of the molecule is CCN(CC)S(=O)(=O)c1ccc(Cl)c(C(=O)NCCc2ccc(OC(F)F)cc2)c1. The summed E-state index contributed by atoms with van der Waals surface area (Å²) in [5.74, 6) is -0.454. The molecule has 164 valence electrons. The molecule has 30 heavy (non-hydrogen) atoms. The standard InChI is InChI=1S/C20H23ClF2N2O4S/c1-3-25(4-2)30(27,28)16-9-10-18(21)17(13-16)19(26)24-12-11-14-5-7-15(8-6-14)29-20(22)23/h5-10,13,20H,3-4,11-12H2,1-2H3,(H,24,26). The zero-order chi connectivity index (χ0) is 22.3. The van der Waals surface area contributed by atoms with E-state index in [0.29, 0.717) is 19.5 Å². The zero-order valence-corrected chi connectivity index (χ0v) is 18.1. The summed E-state index contributed by atoms with van der Waals surface area (Å²) in [5, 5.41) is 2.83. The highest BCUT2D eigenvalue weighted by atomic mass is 35.5. The predicted molar refractivity (Wildman–Crippen MR) is 111 cm³/mol. The van der Waals surface area contributed by atoms with Crippen molar-refractivity contribution in [3.63, 3.8) is 0 Å². The number of amides is 1. The van der Waals surface area contributed by atoms with Crippen LogP contribution in [0.15, 0.2) is 47.4 Å². The summed E-state index contributed by atoms with van der Waals surface area (Å²) < 4.78 is 55.3. The fraction of sp³-hybridized carbons (Fsp3) is 0.350. The Balaban J connectivity index is 2.05. The van der Waals surface area contributed by atoms with E-state index in [4.69, 9.17) is 11.6 Å². The third-order valence-electron chi connectivity index (χ3n) is 4.37. The molecule has 0 saturated carbocycles. The van der Waals surface area contributed by atoms with Crippen LogP contribution in [0.3, 0.4) is 0 Å². The van der Waals surface area contributed by atoms with Gasteiger partial charge >= 0.3 is 6.61 Å². The molecule has 0 bridgehead atoms. The molecule has 1 N–H and O–H groups in total. The second-order valence-electron chi connectivity index (χ2n) is 6.26. The van der Waals surface area contributed by atoms with Crippen LogP contribution >= 0.6 is 11.6 Å². The van der Waals surface area contributed by atoms with Crippen molar-refractivity contribution in [3.05, 3.63) is 58.6 Å². The number of alkyl halides is 2. The minimum absolute atomic E-state index is 0.00429. The van der Waals surface area contributed by atoms with Crippen LogP contribution < -0.4 is 10.1 Å². The summed E-state index contributed by atoms with van der Waals surface area (Å²) >= 11 is 6.10. The van der Waals surface area contributed by atoms with Gasteiger partial charge in [0.15, 0.2) is 0 Å². The summed E-state index contributed by atoms with van der Waals surface area (Å²) in [6.45, 7) is 1.44. The lowest BCUT2D eigenvalue weighted by Crippen LogP contribution is -2.31. The quantitative estimate of drug-likeness (QED) is 0.582. The Morgan fingerprint density at radius 1 is 1.13 bits per heavy atom. The number of benzene rings is 2. The van der Waals surface area contributed by atoms with Gasteiger partial charge in [-0.15, -0.1) is 0 Å². The Labute approximate surface area is 179 Å².